The number of carbonyl (C=O) groups excluding carboxylic acids is 1. The summed E-state index contributed by atoms with van der Waals surface area (Å²) in [6.45, 7) is 2.03. The van der Waals surface area contributed by atoms with Crippen LogP contribution >= 0.6 is 0 Å². The number of hydrogen-bond donors (Lipinski definition) is 1. The number of aryl methyl sites for hydroxylation is 1. The first-order valence-corrected chi connectivity index (χ1v) is 6.51. The molecule has 2 aromatic rings. The number of benzene rings is 1. The normalized spacial score (nSPS) is 11.5. The molecule has 1 N–H and O–H groups in total. The zero-order chi connectivity index (χ0) is 15.2. The molecule has 1 heterocycles. The van der Waals surface area contributed by atoms with Crippen LogP contribution in [0.4, 0.5) is 0 Å². The fourth-order valence-corrected chi connectivity index (χ4v) is 1.74. The highest BCUT2D eigenvalue weighted by Crippen LogP contribution is 2.13. The SMILES string of the molecule is C[C@@H](Oc1ccc(C#N)cc1)C(=O)NCc1ccn(C)n1. The van der Waals surface area contributed by atoms with Gasteiger partial charge in [0, 0.05) is 13.2 Å². The van der Waals surface area contributed by atoms with Gasteiger partial charge in [0.1, 0.15) is 5.75 Å². The summed E-state index contributed by atoms with van der Waals surface area (Å²) in [5, 5.41) is 15.7. The molecule has 0 fully saturated rings. The summed E-state index contributed by atoms with van der Waals surface area (Å²) in [4.78, 5) is 11.9. The second-order valence-corrected chi connectivity index (χ2v) is 4.59. The zero-order valence-corrected chi connectivity index (χ0v) is 11.9. The lowest BCUT2D eigenvalue weighted by Gasteiger charge is -2.14. The van der Waals surface area contributed by atoms with E-state index in [4.69, 9.17) is 10.00 Å². The van der Waals surface area contributed by atoms with Gasteiger partial charge in [-0.15, -0.1) is 0 Å². The van der Waals surface area contributed by atoms with E-state index < -0.39 is 6.10 Å². The highest BCUT2D eigenvalue weighted by Gasteiger charge is 2.14. The van der Waals surface area contributed by atoms with Crippen molar-refractivity contribution in [2.24, 2.45) is 7.05 Å². The maximum atomic E-state index is 11.9. The van der Waals surface area contributed by atoms with Crippen LogP contribution < -0.4 is 10.1 Å². The number of nitriles is 1. The van der Waals surface area contributed by atoms with E-state index >= 15 is 0 Å². The van der Waals surface area contributed by atoms with Crippen molar-refractivity contribution in [1.82, 2.24) is 15.1 Å². The Morgan fingerprint density at radius 2 is 2.14 bits per heavy atom. The largest absolute Gasteiger partial charge is 0.481 e. The molecule has 108 valence electrons. The average Bonchev–Trinajstić information content (AvgIpc) is 2.91. The van der Waals surface area contributed by atoms with Crippen LogP contribution in [-0.2, 0) is 18.4 Å². The molecule has 0 radical (unpaired) electrons. The molecule has 1 atom stereocenters. The fourth-order valence-electron chi connectivity index (χ4n) is 1.74. The maximum Gasteiger partial charge on any atom is 0.261 e. The second-order valence-electron chi connectivity index (χ2n) is 4.59. The van der Waals surface area contributed by atoms with Crippen molar-refractivity contribution >= 4 is 5.91 Å². The number of amides is 1. The number of hydrogen-bond acceptors (Lipinski definition) is 4. The predicted molar refractivity (Wildman–Crippen MR) is 76.3 cm³/mol. The molecule has 21 heavy (non-hydrogen) atoms. The number of nitrogens with one attached hydrogen (secondary N) is 1. The third-order valence-electron chi connectivity index (χ3n) is 2.88. The number of nitrogens with zero attached hydrogens (tertiary/aromatic N) is 3. The van der Waals surface area contributed by atoms with Gasteiger partial charge in [-0.05, 0) is 37.3 Å². The second kappa shape index (κ2) is 6.57. The summed E-state index contributed by atoms with van der Waals surface area (Å²) < 4.78 is 7.20. The van der Waals surface area contributed by atoms with Crippen LogP contribution in [0.1, 0.15) is 18.2 Å². The van der Waals surface area contributed by atoms with Gasteiger partial charge in [0.25, 0.3) is 5.91 Å². The number of ether oxygens (including phenoxy) is 1. The smallest absolute Gasteiger partial charge is 0.261 e. The highest BCUT2D eigenvalue weighted by atomic mass is 16.5. The van der Waals surface area contributed by atoms with Crippen molar-refractivity contribution in [3.8, 4) is 11.8 Å². The van der Waals surface area contributed by atoms with E-state index in [-0.39, 0.29) is 5.91 Å². The molecule has 2 rings (SSSR count). The topological polar surface area (TPSA) is 79.9 Å². The Morgan fingerprint density at radius 1 is 1.43 bits per heavy atom. The monoisotopic (exact) mass is 284 g/mol. The van der Waals surface area contributed by atoms with Crippen molar-refractivity contribution < 1.29 is 9.53 Å². The van der Waals surface area contributed by atoms with E-state index in [0.717, 1.165) is 5.69 Å². The Morgan fingerprint density at radius 3 is 2.71 bits per heavy atom. The fraction of sp³-hybridized carbons (Fsp3) is 0.267. The lowest BCUT2D eigenvalue weighted by Crippen LogP contribution is -2.36. The molecular formula is C15H16N4O2. The van der Waals surface area contributed by atoms with Crippen molar-refractivity contribution in [2.45, 2.75) is 19.6 Å². The minimum Gasteiger partial charge on any atom is -0.481 e. The molecule has 1 aromatic carbocycles. The van der Waals surface area contributed by atoms with Gasteiger partial charge in [0.2, 0.25) is 0 Å². The van der Waals surface area contributed by atoms with Gasteiger partial charge >= 0.3 is 0 Å². The molecule has 1 amide bonds. The van der Waals surface area contributed by atoms with Crippen LogP contribution in [0.2, 0.25) is 0 Å². The molecule has 0 aliphatic carbocycles. The van der Waals surface area contributed by atoms with Crippen LogP contribution in [0.5, 0.6) is 5.75 Å². The average molecular weight is 284 g/mol. The molecule has 0 spiro atoms. The quantitative estimate of drug-likeness (QED) is 0.899. The highest BCUT2D eigenvalue weighted by molar-refractivity contribution is 5.80. The Bertz CT molecular complexity index is 655. The molecule has 1 aromatic heterocycles. The number of rotatable bonds is 5. The predicted octanol–water partition coefficient (Wildman–Crippen LogP) is 1.38. The van der Waals surface area contributed by atoms with Gasteiger partial charge in [-0.25, -0.2) is 0 Å². The minimum atomic E-state index is -0.623. The van der Waals surface area contributed by atoms with Crippen LogP contribution in [0.25, 0.3) is 0 Å². The summed E-state index contributed by atoms with van der Waals surface area (Å²) in [6, 6.07) is 10.5. The van der Waals surface area contributed by atoms with Crippen LogP contribution in [0.15, 0.2) is 36.5 Å². The van der Waals surface area contributed by atoms with Crippen molar-refractivity contribution in [3.63, 3.8) is 0 Å². The van der Waals surface area contributed by atoms with Crippen LogP contribution in [-0.4, -0.2) is 21.8 Å². The third kappa shape index (κ3) is 4.08. The van der Waals surface area contributed by atoms with Gasteiger partial charge < -0.3 is 10.1 Å². The van der Waals surface area contributed by atoms with E-state index in [1.165, 1.54) is 0 Å². The molecule has 0 unspecified atom stereocenters. The van der Waals surface area contributed by atoms with E-state index in [9.17, 15) is 4.79 Å². The van der Waals surface area contributed by atoms with E-state index in [1.54, 1.807) is 35.9 Å². The number of aromatic nitrogens is 2. The summed E-state index contributed by atoms with van der Waals surface area (Å²) in [5.74, 6) is 0.333. The van der Waals surface area contributed by atoms with Gasteiger partial charge in [0.05, 0.1) is 23.9 Å². The Hall–Kier alpha value is -2.81. The molecule has 0 saturated carbocycles. The Labute approximate surface area is 123 Å². The Balaban J connectivity index is 1.85. The summed E-state index contributed by atoms with van der Waals surface area (Å²) in [6.07, 6.45) is 1.19. The van der Waals surface area contributed by atoms with Gasteiger partial charge in [0.15, 0.2) is 6.10 Å². The molecule has 0 aliphatic rings. The van der Waals surface area contributed by atoms with Gasteiger partial charge in [-0.1, -0.05) is 0 Å². The first kappa shape index (κ1) is 14.6. The van der Waals surface area contributed by atoms with Crippen LogP contribution in [0, 0.1) is 11.3 Å². The standard InChI is InChI=1S/C15H16N4O2/c1-11(21-14-5-3-12(9-16)4-6-14)15(20)17-10-13-7-8-19(2)18-13/h3-8,11H,10H2,1-2H3,(H,17,20)/t11-/m1/s1. The third-order valence-corrected chi connectivity index (χ3v) is 2.88. The summed E-state index contributed by atoms with van der Waals surface area (Å²) in [7, 11) is 1.82. The van der Waals surface area contributed by atoms with Crippen LogP contribution in [0.3, 0.4) is 0 Å². The zero-order valence-electron chi connectivity index (χ0n) is 11.9. The molecular weight excluding hydrogens is 268 g/mol. The summed E-state index contributed by atoms with van der Waals surface area (Å²) in [5.41, 5.74) is 1.34. The maximum absolute atomic E-state index is 11.9. The summed E-state index contributed by atoms with van der Waals surface area (Å²) >= 11 is 0. The van der Waals surface area contributed by atoms with Crippen molar-refractivity contribution in [3.05, 3.63) is 47.8 Å². The van der Waals surface area contributed by atoms with Crippen molar-refractivity contribution in [2.75, 3.05) is 0 Å². The van der Waals surface area contributed by atoms with E-state index in [0.29, 0.717) is 17.9 Å². The molecule has 0 saturated heterocycles. The molecule has 6 nitrogen and oxygen atoms in total. The minimum absolute atomic E-state index is 0.218. The first-order chi connectivity index (χ1) is 10.1. The van der Waals surface area contributed by atoms with E-state index in [1.807, 2.05) is 25.4 Å². The lowest BCUT2D eigenvalue weighted by atomic mass is 10.2. The van der Waals surface area contributed by atoms with Crippen molar-refractivity contribution in [1.29, 1.82) is 5.26 Å². The molecule has 0 aliphatic heterocycles. The Kier molecular flexibility index (Phi) is 4.57. The first-order valence-electron chi connectivity index (χ1n) is 6.51. The van der Waals surface area contributed by atoms with E-state index in [2.05, 4.69) is 10.4 Å². The molecule has 0 bridgehead atoms. The van der Waals surface area contributed by atoms with Gasteiger partial charge in [-0.3, -0.25) is 9.48 Å². The number of carbonyl (C=O) groups is 1. The lowest BCUT2D eigenvalue weighted by molar-refractivity contribution is -0.127. The molecule has 6 heteroatoms. The van der Waals surface area contributed by atoms with Gasteiger partial charge in [-0.2, -0.15) is 10.4 Å².